The van der Waals surface area contributed by atoms with E-state index in [0.29, 0.717) is 22.8 Å². The lowest BCUT2D eigenvalue weighted by molar-refractivity contribution is -0.122. The molecule has 0 bridgehead atoms. The number of carbonyl (C=O) groups excluding carboxylic acids is 1. The standard InChI is InChI=1S/C20H27ClN4O3S2/c1-3-4-11-24-18(15-5-7-16(21)8-6-15)23-25(19(24)29)12-9-17(26)22-20(2)10-13-30(27,28)14-20/h5-8H,3-4,9-14H2,1-2H3,(H,22,26). The van der Waals surface area contributed by atoms with Gasteiger partial charge in [0.15, 0.2) is 20.4 Å². The Kier molecular flexibility index (Phi) is 7.04. The molecule has 1 aromatic heterocycles. The van der Waals surface area contributed by atoms with Gasteiger partial charge in [-0.05, 0) is 56.2 Å². The molecule has 3 rings (SSSR count). The Morgan fingerprint density at radius 3 is 2.60 bits per heavy atom. The molecule has 1 unspecified atom stereocenters. The molecule has 164 valence electrons. The normalized spacial score (nSPS) is 20.4. The van der Waals surface area contributed by atoms with Gasteiger partial charge in [-0.15, -0.1) is 0 Å². The summed E-state index contributed by atoms with van der Waals surface area (Å²) in [4.78, 5) is 12.5. The summed E-state index contributed by atoms with van der Waals surface area (Å²) in [6.45, 7) is 4.96. The van der Waals surface area contributed by atoms with E-state index in [0.717, 1.165) is 30.8 Å². The number of benzene rings is 1. The highest BCUT2D eigenvalue weighted by Gasteiger charge is 2.39. The molecule has 0 aliphatic carbocycles. The van der Waals surface area contributed by atoms with Crippen LogP contribution in [-0.4, -0.2) is 45.7 Å². The number of nitrogens with one attached hydrogen (secondary N) is 1. The lowest BCUT2D eigenvalue weighted by Crippen LogP contribution is -2.47. The molecule has 1 N–H and O–H groups in total. The first kappa shape index (κ1) is 23.0. The Morgan fingerprint density at radius 2 is 2.00 bits per heavy atom. The maximum absolute atomic E-state index is 12.5. The third-order valence-electron chi connectivity index (χ3n) is 5.26. The molecule has 0 saturated carbocycles. The molecule has 2 heterocycles. The summed E-state index contributed by atoms with van der Waals surface area (Å²) < 4.78 is 27.7. The predicted octanol–water partition coefficient (Wildman–Crippen LogP) is 3.62. The van der Waals surface area contributed by atoms with Crippen molar-refractivity contribution >= 4 is 39.6 Å². The van der Waals surface area contributed by atoms with Crippen molar-refractivity contribution in [2.45, 2.75) is 58.2 Å². The largest absolute Gasteiger partial charge is 0.350 e. The van der Waals surface area contributed by atoms with E-state index in [-0.39, 0.29) is 23.8 Å². The summed E-state index contributed by atoms with van der Waals surface area (Å²) in [5.74, 6) is 0.644. The Bertz CT molecular complexity index is 1080. The molecule has 1 atom stereocenters. The minimum absolute atomic E-state index is 0.0163. The lowest BCUT2D eigenvalue weighted by Gasteiger charge is -2.23. The van der Waals surface area contributed by atoms with Gasteiger partial charge in [-0.1, -0.05) is 24.9 Å². The maximum atomic E-state index is 12.5. The zero-order chi connectivity index (χ0) is 21.9. The number of hydrogen-bond acceptors (Lipinski definition) is 5. The topological polar surface area (TPSA) is 86.0 Å². The number of aromatic nitrogens is 3. The number of amides is 1. The third kappa shape index (κ3) is 5.50. The first-order valence-electron chi connectivity index (χ1n) is 10.1. The first-order chi connectivity index (χ1) is 14.1. The lowest BCUT2D eigenvalue weighted by atomic mass is 10.0. The summed E-state index contributed by atoms with van der Waals surface area (Å²) >= 11 is 11.6. The quantitative estimate of drug-likeness (QED) is 0.595. The van der Waals surface area contributed by atoms with Gasteiger partial charge in [-0.2, -0.15) is 5.10 Å². The number of unbranched alkanes of at least 4 members (excludes halogenated alkanes) is 1. The van der Waals surface area contributed by atoms with E-state index in [1.807, 2.05) is 28.8 Å². The predicted molar refractivity (Wildman–Crippen MR) is 121 cm³/mol. The third-order valence-corrected chi connectivity index (χ3v) is 7.84. The summed E-state index contributed by atoms with van der Waals surface area (Å²) in [5.41, 5.74) is 0.209. The fourth-order valence-electron chi connectivity index (χ4n) is 3.63. The van der Waals surface area contributed by atoms with E-state index >= 15 is 0 Å². The van der Waals surface area contributed by atoms with Crippen LogP contribution in [0.25, 0.3) is 11.4 Å². The molecule has 1 fully saturated rings. The van der Waals surface area contributed by atoms with E-state index in [4.69, 9.17) is 23.8 Å². The molecule has 7 nitrogen and oxygen atoms in total. The van der Waals surface area contributed by atoms with E-state index in [9.17, 15) is 13.2 Å². The van der Waals surface area contributed by atoms with Crippen LogP contribution in [0.1, 0.15) is 39.5 Å². The number of carbonyl (C=O) groups is 1. The van der Waals surface area contributed by atoms with Crippen molar-refractivity contribution in [2.24, 2.45) is 0 Å². The molecule has 0 radical (unpaired) electrons. The van der Waals surface area contributed by atoms with E-state index < -0.39 is 15.4 Å². The van der Waals surface area contributed by atoms with E-state index in [2.05, 4.69) is 17.3 Å². The van der Waals surface area contributed by atoms with E-state index in [1.54, 1.807) is 11.6 Å². The molecule has 30 heavy (non-hydrogen) atoms. The molecule has 1 amide bonds. The van der Waals surface area contributed by atoms with Gasteiger partial charge in [0, 0.05) is 23.6 Å². The van der Waals surface area contributed by atoms with Crippen LogP contribution < -0.4 is 5.32 Å². The molecular formula is C20H27ClN4O3S2. The summed E-state index contributed by atoms with van der Waals surface area (Å²) in [5, 5.41) is 8.19. The van der Waals surface area contributed by atoms with Gasteiger partial charge in [0.2, 0.25) is 5.91 Å². The van der Waals surface area contributed by atoms with Crippen molar-refractivity contribution in [3.05, 3.63) is 34.1 Å². The molecule has 1 aromatic carbocycles. The molecule has 1 aliphatic rings. The highest BCUT2D eigenvalue weighted by molar-refractivity contribution is 7.91. The van der Waals surface area contributed by atoms with Crippen LogP contribution in [0, 0.1) is 4.77 Å². The number of hydrogen-bond donors (Lipinski definition) is 1. The highest BCUT2D eigenvalue weighted by atomic mass is 35.5. The number of rotatable bonds is 8. The van der Waals surface area contributed by atoms with Crippen molar-refractivity contribution in [3.8, 4) is 11.4 Å². The monoisotopic (exact) mass is 470 g/mol. The van der Waals surface area contributed by atoms with Crippen molar-refractivity contribution in [1.82, 2.24) is 19.7 Å². The van der Waals surface area contributed by atoms with Crippen LogP contribution in [0.3, 0.4) is 0 Å². The summed E-state index contributed by atoms with van der Waals surface area (Å²) in [6, 6.07) is 7.43. The molecule has 10 heteroatoms. The van der Waals surface area contributed by atoms with Crippen LogP contribution in [0.5, 0.6) is 0 Å². The van der Waals surface area contributed by atoms with Crippen molar-refractivity contribution in [1.29, 1.82) is 0 Å². The minimum atomic E-state index is -3.08. The van der Waals surface area contributed by atoms with Gasteiger partial charge in [0.1, 0.15) is 0 Å². The second kappa shape index (κ2) is 9.20. The Hall–Kier alpha value is -1.71. The highest BCUT2D eigenvalue weighted by Crippen LogP contribution is 2.24. The smallest absolute Gasteiger partial charge is 0.222 e. The maximum Gasteiger partial charge on any atom is 0.222 e. The molecule has 2 aromatic rings. The average Bonchev–Trinajstić information content (AvgIpc) is 3.14. The van der Waals surface area contributed by atoms with Gasteiger partial charge >= 0.3 is 0 Å². The minimum Gasteiger partial charge on any atom is -0.350 e. The van der Waals surface area contributed by atoms with Gasteiger partial charge in [-0.25, -0.2) is 13.1 Å². The average molecular weight is 471 g/mol. The van der Waals surface area contributed by atoms with Crippen LogP contribution in [0.4, 0.5) is 0 Å². The van der Waals surface area contributed by atoms with Crippen LogP contribution in [0.2, 0.25) is 5.02 Å². The Labute approximate surface area is 187 Å². The SMILES string of the molecule is CCCCn1c(-c2ccc(Cl)cc2)nn(CCC(=O)NC2(C)CCS(=O)(=O)C2)c1=S. The van der Waals surface area contributed by atoms with Gasteiger partial charge in [0.25, 0.3) is 0 Å². The van der Waals surface area contributed by atoms with Gasteiger partial charge in [0.05, 0.1) is 23.6 Å². The van der Waals surface area contributed by atoms with Crippen molar-refractivity contribution in [3.63, 3.8) is 0 Å². The fraction of sp³-hybridized carbons (Fsp3) is 0.550. The number of nitrogens with zero attached hydrogens (tertiary/aromatic N) is 3. The van der Waals surface area contributed by atoms with Gasteiger partial charge < -0.3 is 5.32 Å². The Morgan fingerprint density at radius 1 is 1.30 bits per heavy atom. The van der Waals surface area contributed by atoms with E-state index in [1.165, 1.54) is 0 Å². The zero-order valence-electron chi connectivity index (χ0n) is 17.2. The molecule has 1 saturated heterocycles. The van der Waals surface area contributed by atoms with Crippen LogP contribution in [0.15, 0.2) is 24.3 Å². The first-order valence-corrected chi connectivity index (χ1v) is 12.7. The summed E-state index contributed by atoms with van der Waals surface area (Å²) in [6.07, 6.45) is 2.60. The fourth-order valence-corrected chi connectivity index (χ4v) is 6.16. The zero-order valence-corrected chi connectivity index (χ0v) is 19.6. The Balaban J connectivity index is 1.75. The number of halogens is 1. The molecular weight excluding hydrogens is 444 g/mol. The van der Waals surface area contributed by atoms with Crippen molar-refractivity contribution in [2.75, 3.05) is 11.5 Å². The number of sulfone groups is 1. The van der Waals surface area contributed by atoms with Crippen molar-refractivity contribution < 1.29 is 13.2 Å². The second-order valence-electron chi connectivity index (χ2n) is 8.04. The van der Waals surface area contributed by atoms with Crippen LogP contribution >= 0.6 is 23.8 Å². The number of aryl methyl sites for hydroxylation is 1. The second-order valence-corrected chi connectivity index (χ2v) is 11.0. The van der Waals surface area contributed by atoms with Crippen LogP contribution in [-0.2, 0) is 27.7 Å². The molecule has 0 spiro atoms. The summed E-state index contributed by atoms with van der Waals surface area (Å²) in [7, 11) is -3.08. The molecule has 1 aliphatic heterocycles. The van der Waals surface area contributed by atoms with Gasteiger partial charge in [-0.3, -0.25) is 9.36 Å².